The van der Waals surface area contributed by atoms with Gasteiger partial charge >= 0.3 is 0 Å². The van der Waals surface area contributed by atoms with Gasteiger partial charge in [-0.2, -0.15) is 0 Å². The van der Waals surface area contributed by atoms with Crippen LogP contribution in [0.2, 0.25) is 13.6 Å². The maximum atomic E-state index is 2.24. The van der Waals surface area contributed by atoms with Crippen LogP contribution in [-0.4, -0.2) is 6.71 Å². The average molecular weight is 240 g/mol. The van der Waals surface area contributed by atoms with Crippen LogP contribution < -0.4 is 5.46 Å². The molecule has 0 atom stereocenters. The summed E-state index contributed by atoms with van der Waals surface area (Å²) in [5.74, 6) is 1.04. The van der Waals surface area contributed by atoms with Gasteiger partial charge in [-0.05, 0) is 17.7 Å². The maximum Gasteiger partial charge on any atom is 0.169 e. The molecule has 0 N–H and O–H groups in total. The molecule has 0 aliphatic heterocycles. The highest BCUT2D eigenvalue weighted by Gasteiger charge is 2.02. The molecule has 0 saturated heterocycles. The Morgan fingerprint density at radius 1 is 0.882 bits per heavy atom. The van der Waals surface area contributed by atoms with Crippen LogP contribution in [0.3, 0.4) is 0 Å². The lowest BCUT2D eigenvalue weighted by atomic mass is 9.49. The van der Waals surface area contributed by atoms with Crippen molar-refractivity contribution in [1.82, 2.24) is 0 Å². The van der Waals surface area contributed by atoms with Gasteiger partial charge in [-0.15, -0.1) is 11.8 Å². The normalized spacial score (nSPS) is 10.2. The van der Waals surface area contributed by atoms with E-state index in [4.69, 9.17) is 0 Å². The molecule has 0 aromatic heterocycles. The van der Waals surface area contributed by atoms with Gasteiger partial charge in [-0.25, -0.2) is 0 Å². The van der Waals surface area contributed by atoms with Crippen LogP contribution in [0.25, 0.3) is 0 Å². The summed E-state index contributed by atoms with van der Waals surface area (Å²) in [4.78, 5) is 1.33. The summed E-state index contributed by atoms with van der Waals surface area (Å²) in [6.07, 6.45) is 0. The van der Waals surface area contributed by atoms with E-state index in [0.717, 1.165) is 5.75 Å². The number of benzene rings is 2. The second-order valence-electron chi connectivity index (χ2n) is 4.50. The molecule has 17 heavy (non-hydrogen) atoms. The summed E-state index contributed by atoms with van der Waals surface area (Å²) < 4.78 is 0. The van der Waals surface area contributed by atoms with Crippen molar-refractivity contribution in [3.63, 3.8) is 0 Å². The molecule has 0 nitrogen and oxygen atoms in total. The highest BCUT2D eigenvalue weighted by molar-refractivity contribution is 7.98. The van der Waals surface area contributed by atoms with E-state index < -0.39 is 0 Å². The van der Waals surface area contributed by atoms with Gasteiger partial charge in [-0.1, -0.05) is 61.6 Å². The zero-order valence-corrected chi connectivity index (χ0v) is 11.2. The first-order valence-corrected chi connectivity index (χ1v) is 7.01. The van der Waals surface area contributed by atoms with E-state index in [2.05, 4.69) is 68.2 Å². The van der Waals surface area contributed by atoms with Gasteiger partial charge in [0.15, 0.2) is 6.71 Å². The molecular weight excluding hydrogens is 223 g/mol. The van der Waals surface area contributed by atoms with E-state index in [1.165, 1.54) is 15.9 Å². The Balaban J connectivity index is 1.96. The fourth-order valence-electron chi connectivity index (χ4n) is 1.68. The molecule has 0 amide bonds. The maximum absolute atomic E-state index is 2.24. The number of rotatable bonds is 4. The van der Waals surface area contributed by atoms with E-state index >= 15 is 0 Å². The Morgan fingerprint density at radius 2 is 1.53 bits per heavy atom. The second-order valence-corrected chi connectivity index (χ2v) is 5.55. The quantitative estimate of drug-likeness (QED) is 0.576. The lowest BCUT2D eigenvalue weighted by Gasteiger charge is -2.05. The summed E-state index contributed by atoms with van der Waals surface area (Å²) in [6.45, 7) is 5.08. The molecule has 2 aromatic carbocycles. The first-order valence-electron chi connectivity index (χ1n) is 6.02. The monoisotopic (exact) mass is 240 g/mol. The number of thioether (sulfide) groups is 1. The first-order chi connectivity index (χ1) is 8.25. The van der Waals surface area contributed by atoms with Crippen molar-refractivity contribution in [1.29, 1.82) is 0 Å². The van der Waals surface area contributed by atoms with Crippen molar-refractivity contribution in [3.05, 3.63) is 60.2 Å². The van der Waals surface area contributed by atoms with E-state index in [1.54, 1.807) is 0 Å². The van der Waals surface area contributed by atoms with Crippen molar-refractivity contribution in [3.8, 4) is 0 Å². The molecule has 0 aliphatic carbocycles. The molecular formula is C15H17BS. The largest absolute Gasteiger partial charge is 0.169 e. The number of hydrogen-bond donors (Lipinski definition) is 0. The molecule has 0 radical (unpaired) electrons. The molecule has 0 bridgehead atoms. The average Bonchev–Trinajstić information content (AvgIpc) is 2.38. The third kappa shape index (κ3) is 3.67. The molecule has 0 unspecified atom stereocenters. The van der Waals surface area contributed by atoms with Gasteiger partial charge in [0, 0.05) is 10.6 Å². The van der Waals surface area contributed by atoms with Gasteiger partial charge < -0.3 is 0 Å². The van der Waals surface area contributed by atoms with Gasteiger partial charge in [0.25, 0.3) is 0 Å². The minimum Gasteiger partial charge on any atom is -0.121 e. The smallest absolute Gasteiger partial charge is 0.121 e. The predicted octanol–water partition coefficient (Wildman–Crippen LogP) is 3.94. The molecule has 2 aromatic rings. The predicted molar refractivity (Wildman–Crippen MR) is 79.6 cm³/mol. The lowest BCUT2D eigenvalue weighted by Crippen LogP contribution is -2.21. The minimum atomic E-state index is 0.617. The first kappa shape index (κ1) is 12.3. The lowest BCUT2D eigenvalue weighted by molar-refractivity contribution is 1.39. The Hall–Kier alpha value is -1.15. The van der Waals surface area contributed by atoms with E-state index in [-0.39, 0.29) is 0 Å². The van der Waals surface area contributed by atoms with Crippen molar-refractivity contribution in [2.24, 2.45) is 0 Å². The van der Waals surface area contributed by atoms with Crippen LogP contribution >= 0.6 is 11.8 Å². The van der Waals surface area contributed by atoms with Crippen LogP contribution in [0.1, 0.15) is 5.56 Å². The summed E-state index contributed by atoms with van der Waals surface area (Å²) in [7, 11) is 0. The van der Waals surface area contributed by atoms with Crippen LogP contribution in [0.4, 0.5) is 0 Å². The summed E-state index contributed by atoms with van der Waals surface area (Å²) in [6, 6.07) is 19.5. The zero-order chi connectivity index (χ0) is 12.1. The van der Waals surface area contributed by atoms with Crippen LogP contribution in [0.15, 0.2) is 59.5 Å². The van der Waals surface area contributed by atoms with Gasteiger partial charge in [0.1, 0.15) is 0 Å². The molecule has 2 heteroatoms. The van der Waals surface area contributed by atoms with E-state index in [9.17, 15) is 0 Å². The molecule has 0 heterocycles. The fraction of sp³-hybridized carbons (Fsp3) is 0.200. The fourth-order valence-corrected chi connectivity index (χ4v) is 2.56. The summed E-state index contributed by atoms with van der Waals surface area (Å²) in [5.41, 5.74) is 2.81. The van der Waals surface area contributed by atoms with Crippen LogP contribution in [-0.2, 0) is 5.75 Å². The van der Waals surface area contributed by atoms with Crippen molar-refractivity contribution in [2.45, 2.75) is 24.3 Å². The Morgan fingerprint density at radius 3 is 2.12 bits per heavy atom. The number of hydrogen-bond acceptors (Lipinski definition) is 1. The Kier molecular flexibility index (Phi) is 4.32. The van der Waals surface area contributed by atoms with Crippen LogP contribution in [0, 0.1) is 0 Å². The highest BCUT2D eigenvalue weighted by atomic mass is 32.2. The minimum absolute atomic E-state index is 0.617. The molecule has 86 valence electrons. The van der Waals surface area contributed by atoms with Crippen molar-refractivity contribution in [2.75, 3.05) is 0 Å². The van der Waals surface area contributed by atoms with E-state index in [1.807, 2.05) is 11.8 Å². The third-order valence-corrected chi connectivity index (χ3v) is 3.88. The second kappa shape index (κ2) is 5.97. The summed E-state index contributed by atoms with van der Waals surface area (Å²) >= 11 is 1.89. The Labute approximate surface area is 109 Å². The standard InChI is InChI=1S/C15H17BS/c1-16(2)14-10-8-13(9-11-14)12-17-15-6-4-3-5-7-15/h3-11H,12H2,1-2H3. The van der Waals surface area contributed by atoms with Gasteiger partial charge in [0.05, 0.1) is 0 Å². The third-order valence-electron chi connectivity index (χ3n) is 2.80. The van der Waals surface area contributed by atoms with E-state index in [0.29, 0.717) is 6.71 Å². The molecule has 0 spiro atoms. The molecule has 0 saturated carbocycles. The van der Waals surface area contributed by atoms with Gasteiger partial charge in [-0.3, -0.25) is 0 Å². The van der Waals surface area contributed by atoms with Crippen LogP contribution in [0.5, 0.6) is 0 Å². The highest BCUT2D eigenvalue weighted by Crippen LogP contribution is 2.21. The molecule has 0 aliphatic rings. The zero-order valence-electron chi connectivity index (χ0n) is 10.4. The SMILES string of the molecule is CB(C)c1ccc(CSc2ccccc2)cc1. The Bertz CT molecular complexity index is 448. The topological polar surface area (TPSA) is 0 Å². The van der Waals surface area contributed by atoms with Crippen molar-refractivity contribution < 1.29 is 0 Å². The molecule has 0 fully saturated rings. The molecule has 2 rings (SSSR count). The summed E-state index contributed by atoms with van der Waals surface area (Å²) in [5, 5.41) is 0. The van der Waals surface area contributed by atoms with Crippen molar-refractivity contribution >= 4 is 23.9 Å². The van der Waals surface area contributed by atoms with Gasteiger partial charge in [0.2, 0.25) is 0 Å².